The lowest BCUT2D eigenvalue weighted by molar-refractivity contribution is -0.384. The van der Waals surface area contributed by atoms with Gasteiger partial charge in [0.1, 0.15) is 0 Å². The first kappa shape index (κ1) is 19.3. The predicted molar refractivity (Wildman–Crippen MR) is 113 cm³/mol. The highest BCUT2D eigenvalue weighted by Crippen LogP contribution is 2.29. The summed E-state index contributed by atoms with van der Waals surface area (Å²) in [5.74, 6) is -0.465. The molecule has 0 unspecified atom stereocenters. The van der Waals surface area contributed by atoms with Crippen molar-refractivity contribution in [2.24, 2.45) is 17.3 Å². The van der Waals surface area contributed by atoms with Crippen LogP contribution < -0.4 is 10.1 Å². The van der Waals surface area contributed by atoms with Crippen LogP contribution in [0.15, 0.2) is 52.0 Å². The Morgan fingerprint density at radius 3 is 2.66 bits per heavy atom. The van der Waals surface area contributed by atoms with Gasteiger partial charge in [-0.25, -0.2) is 0 Å². The number of carbonyl (C=O) groups excluding carboxylic acids is 1. The molecule has 0 radical (unpaired) electrons. The number of amides is 1. The Morgan fingerprint density at radius 2 is 1.93 bits per heavy atom. The standard InChI is InChI=1S/C18H11Cl2N5O3S/c1-24-15(9-2-4-12(19)13(20)6-9)8-29-18(24)23-22-16-11-7-10(25(27)28)3-5-14(11)21-17(16)26/h2-8H,1H3,(H,21,22,26)/b23-18+. The predicted octanol–water partition coefficient (Wildman–Crippen LogP) is 4.23. The smallest absolute Gasteiger partial charge is 0.276 e. The first-order chi connectivity index (χ1) is 13.8. The number of benzene rings is 2. The summed E-state index contributed by atoms with van der Waals surface area (Å²) in [5, 5.41) is 24.7. The van der Waals surface area contributed by atoms with Crippen LogP contribution in [-0.2, 0) is 11.8 Å². The zero-order valence-corrected chi connectivity index (χ0v) is 17.0. The molecule has 0 fully saturated rings. The van der Waals surface area contributed by atoms with Gasteiger partial charge in [0.25, 0.3) is 11.6 Å². The molecule has 0 saturated carbocycles. The summed E-state index contributed by atoms with van der Waals surface area (Å²) in [6.07, 6.45) is 0. The molecular formula is C18H11Cl2N5O3S. The van der Waals surface area contributed by atoms with Crippen molar-refractivity contribution in [3.8, 4) is 11.3 Å². The zero-order chi connectivity index (χ0) is 20.7. The zero-order valence-electron chi connectivity index (χ0n) is 14.7. The third kappa shape index (κ3) is 3.55. The van der Waals surface area contributed by atoms with E-state index in [2.05, 4.69) is 15.5 Å². The number of thiazole rings is 1. The van der Waals surface area contributed by atoms with Crippen molar-refractivity contribution in [1.82, 2.24) is 4.57 Å². The van der Waals surface area contributed by atoms with Crippen LogP contribution >= 0.6 is 34.5 Å². The van der Waals surface area contributed by atoms with Crippen molar-refractivity contribution in [1.29, 1.82) is 0 Å². The summed E-state index contributed by atoms with van der Waals surface area (Å²) in [5.41, 5.74) is 2.40. The van der Waals surface area contributed by atoms with E-state index in [0.29, 0.717) is 26.1 Å². The lowest BCUT2D eigenvalue weighted by atomic mass is 10.1. The van der Waals surface area contributed by atoms with Crippen molar-refractivity contribution in [3.63, 3.8) is 0 Å². The summed E-state index contributed by atoms with van der Waals surface area (Å²) in [6, 6.07) is 9.40. The van der Waals surface area contributed by atoms with E-state index in [9.17, 15) is 14.9 Å². The van der Waals surface area contributed by atoms with Gasteiger partial charge in [-0.15, -0.1) is 21.5 Å². The first-order valence-corrected chi connectivity index (χ1v) is 9.80. The number of nitro benzene ring substituents is 1. The molecule has 1 amide bonds. The second kappa shape index (κ2) is 7.43. The van der Waals surface area contributed by atoms with Gasteiger partial charge < -0.3 is 9.88 Å². The Morgan fingerprint density at radius 1 is 1.14 bits per heavy atom. The second-order valence-corrected chi connectivity index (χ2v) is 7.73. The molecule has 0 bridgehead atoms. The van der Waals surface area contributed by atoms with Crippen LogP contribution in [0.3, 0.4) is 0 Å². The maximum Gasteiger partial charge on any atom is 0.276 e. The number of halogens is 2. The molecule has 29 heavy (non-hydrogen) atoms. The molecule has 1 N–H and O–H groups in total. The number of aromatic nitrogens is 1. The number of nitrogens with zero attached hydrogens (tertiary/aromatic N) is 4. The van der Waals surface area contributed by atoms with Crippen LogP contribution in [-0.4, -0.2) is 21.1 Å². The van der Waals surface area contributed by atoms with Crippen LogP contribution in [0.25, 0.3) is 11.3 Å². The molecule has 4 rings (SSSR count). The fraction of sp³-hybridized carbons (Fsp3) is 0.0556. The van der Waals surface area contributed by atoms with Gasteiger partial charge in [0, 0.05) is 35.7 Å². The minimum atomic E-state index is -0.527. The third-order valence-electron chi connectivity index (χ3n) is 4.31. The average Bonchev–Trinajstić information content (AvgIpc) is 3.20. The number of non-ortho nitro benzene ring substituents is 1. The Balaban J connectivity index is 1.75. The van der Waals surface area contributed by atoms with Gasteiger partial charge in [-0.1, -0.05) is 29.3 Å². The number of nitrogens with one attached hydrogen (secondary N) is 1. The van der Waals surface area contributed by atoms with Crippen molar-refractivity contribution in [3.05, 3.63) is 72.3 Å². The molecule has 1 aromatic heterocycles. The van der Waals surface area contributed by atoms with Gasteiger partial charge >= 0.3 is 0 Å². The van der Waals surface area contributed by atoms with E-state index in [4.69, 9.17) is 23.2 Å². The largest absolute Gasteiger partial charge is 0.320 e. The highest BCUT2D eigenvalue weighted by atomic mass is 35.5. The van der Waals surface area contributed by atoms with Gasteiger partial charge in [-0.05, 0) is 18.2 Å². The van der Waals surface area contributed by atoms with E-state index in [0.717, 1.165) is 11.3 Å². The normalized spacial score (nSPS) is 14.9. The van der Waals surface area contributed by atoms with Crippen LogP contribution in [0.1, 0.15) is 5.56 Å². The number of nitro groups is 1. The quantitative estimate of drug-likeness (QED) is 0.479. The van der Waals surface area contributed by atoms with Gasteiger partial charge in [0.15, 0.2) is 5.71 Å². The van der Waals surface area contributed by atoms with Gasteiger partial charge in [-0.3, -0.25) is 14.9 Å². The maximum atomic E-state index is 12.2. The van der Waals surface area contributed by atoms with Gasteiger partial charge in [0.2, 0.25) is 4.80 Å². The second-order valence-electron chi connectivity index (χ2n) is 6.08. The molecule has 3 aromatic rings. The van der Waals surface area contributed by atoms with Crippen LogP contribution in [0.2, 0.25) is 10.0 Å². The number of rotatable bonds is 3. The van der Waals surface area contributed by atoms with E-state index in [1.165, 1.54) is 29.5 Å². The maximum absolute atomic E-state index is 12.2. The lowest BCUT2D eigenvalue weighted by Crippen LogP contribution is -2.15. The molecule has 11 heteroatoms. The molecule has 146 valence electrons. The monoisotopic (exact) mass is 447 g/mol. The number of anilines is 1. The molecule has 1 aliphatic heterocycles. The van der Waals surface area contributed by atoms with Gasteiger partial charge in [0.05, 0.1) is 26.3 Å². The minimum Gasteiger partial charge on any atom is -0.320 e. The van der Waals surface area contributed by atoms with E-state index < -0.39 is 10.8 Å². The van der Waals surface area contributed by atoms with E-state index in [1.807, 2.05) is 11.4 Å². The summed E-state index contributed by atoms with van der Waals surface area (Å²) in [4.78, 5) is 23.2. The Bertz CT molecular complexity index is 1280. The summed E-state index contributed by atoms with van der Waals surface area (Å²) < 4.78 is 1.80. The topological polar surface area (TPSA) is 102 Å². The van der Waals surface area contributed by atoms with Crippen LogP contribution in [0, 0.1) is 10.1 Å². The fourth-order valence-electron chi connectivity index (χ4n) is 2.82. The van der Waals surface area contributed by atoms with Crippen molar-refractivity contribution in [2.75, 3.05) is 5.32 Å². The molecule has 0 atom stereocenters. The molecule has 2 heterocycles. The molecule has 8 nitrogen and oxygen atoms in total. The van der Waals surface area contributed by atoms with Crippen LogP contribution in [0.4, 0.5) is 11.4 Å². The molecular weight excluding hydrogens is 437 g/mol. The third-order valence-corrected chi connectivity index (χ3v) is 5.95. The van der Waals surface area contributed by atoms with E-state index >= 15 is 0 Å². The Hall–Kier alpha value is -3.01. The highest BCUT2D eigenvalue weighted by molar-refractivity contribution is 7.07. The van der Waals surface area contributed by atoms with Crippen molar-refractivity contribution >= 4 is 57.5 Å². The fourth-order valence-corrected chi connectivity index (χ4v) is 3.98. The summed E-state index contributed by atoms with van der Waals surface area (Å²) >= 11 is 13.4. The SMILES string of the molecule is Cn1c(-c2ccc(Cl)c(Cl)c2)cs/c1=N/N=C1\C(=O)Nc2ccc([N+](=O)[O-])cc21. The average molecular weight is 448 g/mol. The van der Waals surface area contributed by atoms with E-state index in [-0.39, 0.29) is 11.4 Å². The molecule has 1 aliphatic rings. The van der Waals surface area contributed by atoms with Gasteiger partial charge in [-0.2, -0.15) is 0 Å². The number of hydrogen-bond acceptors (Lipinski definition) is 6. The molecule has 2 aromatic carbocycles. The van der Waals surface area contributed by atoms with Crippen molar-refractivity contribution < 1.29 is 9.72 Å². The Labute approximate surface area is 177 Å². The van der Waals surface area contributed by atoms with Crippen LogP contribution in [0.5, 0.6) is 0 Å². The molecule has 0 saturated heterocycles. The molecule has 0 aliphatic carbocycles. The number of carbonyl (C=O) groups is 1. The Kier molecular flexibility index (Phi) is 4.95. The van der Waals surface area contributed by atoms with Crippen molar-refractivity contribution in [2.45, 2.75) is 0 Å². The minimum absolute atomic E-state index is 0.0215. The number of fused-ring (bicyclic) bond motifs is 1. The lowest BCUT2D eigenvalue weighted by Gasteiger charge is -2.04. The highest BCUT2D eigenvalue weighted by Gasteiger charge is 2.28. The summed E-state index contributed by atoms with van der Waals surface area (Å²) in [7, 11) is 1.81. The van der Waals surface area contributed by atoms with E-state index in [1.54, 1.807) is 23.7 Å². The molecule has 0 spiro atoms. The summed E-state index contributed by atoms with van der Waals surface area (Å²) in [6.45, 7) is 0. The first-order valence-electron chi connectivity index (χ1n) is 8.17. The number of hydrogen-bond donors (Lipinski definition) is 1.